The Hall–Kier alpha value is -2.16. The van der Waals surface area contributed by atoms with Crippen molar-refractivity contribution in [3.05, 3.63) is 35.5 Å². The molecule has 0 atom stereocenters. The van der Waals surface area contributed by atoms with Crippen LogP contribution in [0.25, 0.3) is 0 Å². The smallest absolute Gasteiger partial charge is 0.367 e. The molecule has 0 saturated carbocycles. The highest BCUT2D eigenvalue weighted by atomic mass is 19.4. The quantitative estimate of drug-likeness (QED) is 0.883. The van der Waals surface area contributed by atoms with Gasteiger partial charge in [-0.3, -0.25) is 9.58 Å². The summed E-state index contributed by atoms with van der Waals surface area (Å²) in [6.45, 7) is 3.72. The van der Waals surface area contributed by atoms with Gasteiger partial charge in [0.2, 0.25) is 0 Å². The average Bonchev–Trinajstić information content (AvgIpc) is 3.06. The van der Waals surface area contributed by atoms with Gasteiger partial charge in [-0.2, -0.15) is 18.3 Å². The van der Waals surface area contributed by atoms with E-state index in [0.29, 0.717) is 0 Å². The fourth-order valence-corrected chi connectivity index (χ4v) is 3.89. The lowest BCUT2D eigenvalue weighted by molar-refractivity contribution is -0.141. The molecular formula is C18H23F3N6. The molecule has 0 aromatic carbocycles. The highest BCUT2D eigenvalue weighted by Gasteiger charge is 2.33. The fourth-order valence-electron chi connectivity index (χ4n) is 3.89. The van der Waals surface area contributed by atoms with Crippen molar-refractivity contribution in [3.8, 4) is 0 Å². The lowest BCUT2D eigenvalue weighted by Crippen LogP contribution is -2.39. The lowest BCUT2D eigenvalue weighted by Gasteiger charge is -2.32. The Morgan fingerprint density at radius 3 is 2.70 bits per heavy atom. The number of aromatic nitrogens is 4. The maximum Gasteiger partial charge on any atom is 0.433 e. The van der Waals surface area contributed by atoms with Gasteiger partial charge in [0.25, 0.3) is 0 Å². The number of aryl methyl sites for hydroxylation is 1. The molecule has 1 saturated heterocycles. The van der Waals surface area contributed by atoms with Crippen LogP contribution in [0.4, 0.5) is 19.0 Å². The number of nitrogens with zero attached hydrogens (tertiary/aromatic N) is 5. The van der Waals surface area contributed by atoms with Crippen molar-refractivity contribution in [2.75, 3.05) is 18.4 Å². The second-order valence-corrected chi connectivity index (χ2v) is 7.28. The van der Waals surface area contributed by atoms with Crippen LogP contribution in [0.15, 0.2) is 18.6 Å². The van der Waals surface area contributed by atoms with E-state index in [-0.39, 0.29) is 11.9 Å². The van der Waals surface area contributed by atoms with E-state index in [4.69, 9.17) is 0 Å². The zero-order valence-electron chi connectivity index (χ0n) is 15.0. The van der Waals surface area contributed by atoms with E-state index < -0.39 is 11.9 Å². The summed E-state index contributed by atoms with van der Waals surface area (Å²) < 4.78 is 40.4. The molecule has 0 amide bonds. The molecular weight excluding hydrogens is 357 g/mol. The molecule has 1 fully saturated rings. The fraction of sp³-hybridized carbons (Fsp3) is 0.611. The van der Waals surface area contributed by atoms with Gasteiger partial charge in [-0.1, -0.05) is 0 Å². The van der Waals surface area contributed by atoms with Crippen LogP contribution < -0.4 is 5.32 Å². The number of fused-ring (bicyclic) bond motifs is 1. The first-order valence-corrected chi connectivity index (χ1v) is 9.41. The number of anilines is 1. The number of nitrogens with one attached hydrogen (secondary N) is 1. The van der Waals surface area contributed by atoms with Gasteiger partial charge >= 0.3 is 6.18 Å². The van der Waals surface area contributed by atoms with Crippen molar-refractivity contribution in [1.29, 1.82) is 0 Å². The minimum atomic E-state index is -4.45. The molecule has 2 aromatic heterocycles. The predicted molar refractivity (Wildman–Crippen MR) is 94.1 cm³/mol. The number of hydrogen-bond donors (Lipinski definition) is 1. The number of alkyl halides is 3. The molecule has 1 N–H and O–H groups in total. The van der Waals surface area contributed by atoms with Crippen LogP contribution in [-0.4, -0.2) is 43.8 Å². The summed E-state index contributed by atoms with van der Waals surface area (Å²) in [7, 11) is 0. The second-order valence-electron chi connectivity index (χ2n) is 7.28. The highest BCUT2D eigenvalue weighted by Crippen LogP contribution is 2.28. The number of hydrogen-bond acceptors (Lipinski definition) is 5. The number of piperidine rings is 1. The minimum absolute atomic E-state index is 0.123. The second kappa shape index (κ2) is 7.46. The number of likely N-dealkylation sites (tertiary alicyclic amines) is 1. The molecule has 2 aliphatic heterocycles. The van der Waals surface area contributed by atoms with E-state index in [1.54, 1.807) is 0 Å². The van der Waals surface area contributed by atoms with Crippen molar-refractivity contribution in [1.82, 2.24) is 24.6 Å². The maximum absolute atomic E-state index is 12.8. The van der Waals surface area contributed by atoms with Crippen molar-refractivity contribution in [2.24, 2.45) is 0 Å². The van der Waals surface area contributed by atoms with E-state index in [0.717, 1.165) is 57.8 Å². The normalized spacial score (nSPS) is 19.1. The van der Waals surface area contributed by atoms with E-state index in [9.17, 15) is 13.2 Å². The van der Waals surface area contributed by atoms with Gasteiger partial charge < -0.3 is 5.32 Å². The van der Waals surface area contributed by atoms with Crippen molar-refractivity contribution in [3.63, 3.8) is 0 Å². The van der Waals surface area contributed by atoms with Gasteiger partial charge in [0.15, 0.2) is 0 Å². The summed E-state index contributed by atoms with van der Waals surface area (Å²) in [6, 6.07) is 1.10. The maximum atomic E-state index is 12.8. The van der Waals surface area contributed by atoms with Gasteiger partial charge in [-0.05, 0) is 32.1 Å². The third-order valence-electron chi connectivity index (χ3n) is 5.36. The molecule has 0 unspecified atom stereocenters. The molecule has 0 bridgehead atoms. The molecule has 0 radical (unpaired) electrons. The summed E-state index contributed by atoms with van der Waals surface area (Å²) in [5.41, 5.74) is 1.76. The molecule has 6 nitrogen and oxygen atoms in total. The molecule has 4 heterocycles. The molecule has 2 aromatic rings. The Labute approximate surface area is 155 Å². The van der Waals surface area contributed by atoms with E-state index in [1.807, 2.05) is 6.20 Å². The van der Waals surface area contributed by atoms with Crippen LogP contribution >= 0.6 is 0 Å². The van der Waals surface area contributed by atoms with Gasteiger partial charge in [0, 0.05) is 49.5 Å². The Bertz CT molecular complexity index is 780. The Morgan fingerprint density at radius 1 is 1.11 bits per heavy atom. The van der Waals surface area contributed by atoms with E-state index >= 15 is 0 Å². The number of rotatable bonds is 4. The van der Waals surface area contributed by atoms with E-state index in [1.165, 1.54) is 24.1 Å². The minimum Gasteiger partial charge on any atom is -0.367 e. The summed E-state index contributed by atoms with van der Waals surface area (Å²) >= 11 is 0. The number of halogens is 3. The molecule has 0 spiro atoms. The topological polar surface area (TPSA) is 58.9 Å². The first-order chi connectivity index (χ1) is 13.0. The first-order valence-electron chi connectivity index (χ1n) is 9.41. The van der Waals surface area contributed by atoms with Crippen LogP contribution in [0.5, 0.6) is 0 Å². The van der Waals surface area contributed by atoms with Crippen molar-refractivity contribution in [2.45, 2.75) is 57.4 Å². The zero-order chi connectivity index (χ0) is 18.9. The third-order valence-corrected chi connectivity index (χ3v) is 5.36. The first kappa shape index (κ1) is 18.2. The molecule has 2 aliphatic rings. The summed E-state index contributed by atoms with van der Waals surface area (Å²) in [5.74, 6) is 0.237. The van der Waals surface area contributed by atoms with Crippen LogP contribution in [0, 0.1) is 0 Å². The molecule has 4 rings (SSSR count). The van der Waals surface area contributed by atoms with Crippen molar-refractivity contribution >= 4 is 5.82 Å². The summed E-state index contributed by atoms with van der Waals surface area (Å²) in [6.07, 6.45) is 3.77. The lowest BCUT2D eigenvalue weighted by atomic mass is 10.0. The third kappa shape index (κ3) is 4.23. The Kier molecular flexibility index (Phi) is 5.03. The molecule has 9 heteroatoms. The zero-order valence-corrected chi connectivity index (χ0v) is 15.0. The summed E-state index contributed by atoms with van der Waals surface area (Å²) in [5, 5.41) is 7.62. The monoisotopic (exact) mass is 380 g/mol. The molecule has 0 aliphatic carbocycles. The van der Waals surface area contributed by atoms with Gasteiger partial charge in [-0.15, -0.1) is 0 Å². The van der Waals surface area contributed by atoms with Gasteiger partial charge in [0.1, 0.15) is 17.8 Å². The summed E-state index contributed by atoms with van der Waals surface area (Å²) in [4.78, 5) is 9.62. The molecule has 146 valence electrons. The van der Waals surface area contributed by atoms with Gasteiger partial charge in [0.05, 0.1) is 6.20 Å². The SMILES string of the molecule is FC(F)(F)c1cc(NC2CCN(Cc3cnn4c3CCCC4)CC2)ncn1. The average molecular weight is 380 g/mol. The van der Waals surface area contributed by atoms with Gasteiger partial charge in [-0.25, -0.2) is 9.97 Å². The molecule has 27 heavy (non-hydrogen) atoms. The standard InChI is InChI=1S/C18H23F3N6/c19-18(20,21)16-9-17(23-12-22-16)25-14-4-7-26(8-5-14)11-13-10-24-27-6-2-1-3-15(13)27/h9-10,12,14H,1-8,11H2,(H,22,23,25). The van der Waals surface area contributed by atoms with E-state index in [2.05, 4.69) is 30.0 Å². The highest BCUT2D eigenvalue weighted by molar-refractivity contribution is 5.37. The Balaban J connectivity index is 1.31. The van der Waals surface area contributed by atoms with Crippen LogP contribution in [-0.2, 0) is 25.7 Å². The van der Waals surface area contributed by atoms with Crippen LogP contribution in [0.3, 0.4) is 0 Å². The predicted octanol–water partition coefficient (Wildman–Crippen LogP) is 3.10. The van der Waals surface area contributed by atoms with Crippen LogP contribution in [0.2, 0.25) is 0 Å². The van der Waals surface area contributed by atoms with Crippen molar-refractivity contribution < 1.29 is 13.2 Å². The van der Waals surface area contributed by atoms with Crippen LogP contribution in [0.1, 0.15) is 42.6 Å². The Morgan fingerprint density at radius 2 is 1.93 bits per heavy atom. The largest absolute Gasteiger partial charge is 0.433 e.